The van der Waals surface area contributed by atoms with Gasteiger partial charge in [-0.15, -0.1) is 0 Å². The lowest BCUT2D eigenvalue weighted by Gasteiger charge is -2.20. The summed E-state index contributed by atoms with van der Waals surface area (Å²) in [6, 6.07) is 11.0. The monoisotopic (exact) mass is 282 g/mol. The summed E-state index contributed by atoms with van der Waals surface area (Å²) in [5.41, 5.74) is 2.03. The Balaban J connectivity index is 2.30. The number of hydrogen-bond donors (Lipinski definition) is 0. The third kappa shape index (κ3) is 3.29. The van der Waals surface area contributed by atoms with Gasteiger partial charge in [-0.1, -0.05) is 18.2 Å². The summed E-state index contributed by atoms with van der Waals surface area (Å²) in [6.07, 6.45) is 1.70. The van der Waals surface area contributed by atoms with Crippen molar-refractivity contribution in [3.05, 3.63) is 58.0 Å². The quantitative estimate of drug-likeness (QED) is 0.841. The molecule has 0 aliphatic carbocycles. The van der Waals surface area contributed by atoms with Crippen LogP contribution in [0, 0.1) is 11.3 Å². The lowest BCUT2D eigenvalue weighted by atomic mass is 10.1. The van der Waals surface area contributed by atoms with Crippen molar-refractivity contribution in [3.63, 3.8) is 0 Å². The molecule has 2 aromatic rings. The highest BCUT2D eigenvalue weighted by Gasteiger charge is 2.07. The smallest absolute Gasteiger partial charge is 0.269 e. The van der Waals surface area contributed by atoms with Gasteiger partial charge in [-0.25, -0.2) is 4.68 Å². The summed E-state index contributed by atoms with van der Waals surface area (Å²) in [5, 5.41) is 13.3. The van der Waals surface area contributed by atoms with E-state index in [9.17, 15) is 4.79 Å². The van der Waals surface area contributed by atoms with Crippen molar-refractivity contribution in [2.45, 2.75) is 20.4 Å². The predicted molar refractivity (Wildman–Crippen MR) is 82.3 cm³/mol. The van der Waals surface area contributed by atoms with E-state index in [1.165, 1.54) is 4.68 Å². The second-order valence-electron chi connectivity index (χ2n) is 4.65. The number of hydrogen-bond acceptors (Lipinski definition) is 4. The van der Waals surface area contributed by atoms with Gasteiger partial charge in [-0.05, 0) is 25.5 Å². The molecule has 108 valence electrons. The van der Waals surface area contributed by atoms with E-state index in [0.29, 0.717) is 12.1 Å². The first-order chi connectivity index (χ1) is 10.2. The highest BCUT2D eigenvalue weighted by Crippen LogP contribution is 2.10. The Kier molecular flexibility index (Phi) is 4.72. The molecule has 0 spiro atoms. The number of rotatable bonds is 5. The largest absolute Gasteiger partial charge is 0.371 e. The van der Waals surface area contributed by atoms with Crippen LogP contribution in [0.4, 0.5) is 5.69 Å². The fourth-order valence-corrected chi connectivity index (χ4v) is 2.23. The van der Waals surface area contributed by atoms with E-state index < -0.39 is 0 Å². The molecule has 0 aliphatic heterocycles. The van der Waals surface area contributed by atoms with Crippen molar-refractivity contribution in [3.8, 4) is 6.07 Å². The minimum atomic E-state index is -0.160. The van der Waals surface area contributed by atoms with Gasteiger partial charge in [0.1, 0.15) is 0 Å². The molecule has 5 nitrogen and oxygen atoms in total. The van der Waals surface area contributed by atoms with Crippen molar-refractivity contribution in [1.29, 1.82) is 5.26 Å². The van der Waals surface area contributed by atoms with E-state index in [-0.39, 0.29) is 5.56 Å². The molecule has 0 unspecified atom stereocenters. The third-order valence-electron chi connectivity index (χ3n) is 3.44. The standard InChI is InChI=1S/C16H18N4O/c1-3-19(4-2)15-9-16(21)20(18-11-15)12-14-8-6-5-7-13(14)10-17/h5-9,11H,3-4,12H2,1-2H3. The van der Waals surface area contributed by atoms with Gasteiger partial charge in [0.2, 0.25) is 0 Å². The topological polar surface area (TPSA) is 61.9 Å². The van der Waals surface area contributed by atoms with Gasteiger partial charge in [0.25, 0.3) is 5.56 Å². The van der Waals surface area contributed by atoms with Gasteiger partial charge >= 0.3 is 0 Å². The molecule has 0 aliphatic rings. The number of anilines is 1. The molecular weight excluding hydrogens is 264 g/mol. The Morgan fingerprint density at radius 1 is 1.29 bits per heavy atom. The summed E-state index contributed by atoms with van der Waals surface area (Å²) < 4.78 is 1.38. The summed E-state index contributed by atoms with van der Waals surface area (Å²) >= 11 is 0. The molecule has 0 bridgehead atoms. The lowest BCUT2D eigenvalue weighted by molar-refractivity contribution is 0.635. The summed E-state index contributed by atoms with van der Waals surface area (Å²) in [6.45, 7) is 6.05. The van der Waals surface area contributed by atoms with Crippen molar-refractivity contribution in [2.75, 3.05) is 18.0 Å². The molecule has 5 heteroatoms. The first kappa shape index (κ1) is 14.8. The number of nitriles is 1. The Bertz CT molecular complexity index is 711. The van der Waals surface area contributed by atoms with Gasteiger partial charge < -0.3 is 4.90 Å². The molecule has 1 heterocycles. The van der Waals surface area contributed by atoms with Crippen LogP contribution < -0.4 is 10.5 Å². The normalized spacial score (nSPS) is 10.1. The van der Waals surface area contributed by atoms with Crippen LogP contribution in [0.5, 0.6) is 0 Å². The molecule has 0 radical (unpaired) electrons. The van der Waals surface area contributed by atoms with Crippen LogP contribution in [-0.2, 0) is 6.54 Å². The molecule has 0 saturated heterocycles. The minimum absolute atomic E-state index is 0.160. The zero-order valence-electron chi connectivity index (χ0n) is 12.3. The molecule has 0 N–H and O–H groups in total. The third-order valence-corrected chi connectivity index (χ3v) is 3.44. The van der Waals surface area contributed by atoms with Gasteiger partial charge in [-0.2, -0.15) is 10.4 Å². The van der Waals surface area contributed by atoms with Crippen LogP contribution in [0.15, 0.2) is 41.3 Å². The van der Waals surface area contributed by atoms with Crippen molar-refractivity contribution >= 4 is 5.69 Å². The van der Waals surface area contributed by atoms with Crippen molar-refractivity contribution in [2.24, 2.45) is 0 Å². The average molecular weight is 282 g/mol. The maximum Gasteiger partial charge on any atom is 0.269 e. The van der Waals surface area contributed by atoms with Crippen LogP contribution in [-0.4, -0.2) is 22.9 Å². The van der Waals surface area contributed by atoms with E-state index in [0.717, 1.165) is 24.3 Å². The van der Waals surface area contributed by atoms with Gasteiger partial charge in [0.05, 0.1) is 30.1 Å². The predicted octanol–water partition coefficient (Wildman–Crippen LogP) is 2.01. The van der Waals surface area contributed by atoms with Crippen LogP contribution in [0.2, 0.25) is 0 Å². The highest BCUT2D eigenvalue weighted by atomic mass is 16.1. The molecular formula is C16H18N4O. The molecule has 0 fully saturated rings. The van der Waals surface area contributed by atoms with Gasteiger partial charge in [-0.3, -0.25) is 4.79 Å². The summed E-state index contributed by atoms with van der Waals surface area (Å²) in [5.74, 6) is 0. The fourth-order valence-electron chi connectivity index (χ4n) is 2.23. The van der Waals surface area contributed by atoms with E-state index in [2.05, 4.69) is 16.1 Å². The molecule has 1 aromatic carbocycles. The molecule has 1 aromatic heterocycles. The van der Waals surface area contributed by atoms with Crippen molar-refractivity contribution in [1.82, 2.24) is 9.78 Å². The van der Waals surface area contributed by atoms with Crippen LogP contribution >= 0.6 is 0 Å². The van der Waals surface area contributed by atoms with E-state index in [4.69, 9.17) is 5.26 Å². The highest BCUT2D eigenvalue weighted by molar-refractivity contribution is 5.42. The first-order valence-corrected chi connectivity index (χ1v) is 6.99. The fraction of sp³-hybridized carbons (Fsp3) is 0.312. The van der Waals surface area contributed by atoms with Gasteiger partial charge in [0, 0.05) is 19.2 Å². The Morgan fingerprint density at radius 3 is 2.62 bits per heavy atom. The number of aromatic nitrogens is 2. The van der Waals surface area contributed by atoms with Crippen molar-refractivity contribution < 1.29 is 0 Å². The van der Waals surface area contributed by atoms with Crippen LogP contribution in [0.25, 0.3) is 0 Å². The molecule has 0 atom stereocenters. The van der Waals surface area contributed by atoms with Gasteiger partial charge in [0.15, 0.2) is 0 Å². The Hall–Kier alpha value is -2.61. The van der Waals surface area contributed by atoms with Crippen LogP contribution in [0.3, 0.4) is 0 Å². The van der Waals surface area contributed by atoms with Crippen LogP contribution in [0.1, 0.15) is 25.0 Å². The maximum atomic E-state index is 12.2. The second-order valence-corrected chi connectivity index (χ2v) is 4.65. The average Bonchev–Trinajstić information content (AvgIpc) is 2.51. The molecule has 0 amide bonds. The minimum Gasteiger partial charge on any atom is -0.371 e. The SMILES string of the molecule is CCN(CC)c1cnn(Cc2ccccc2C#N)c(=O)c1. The molecule has 21 heavy (non-hydrogen) atoms. The number of nitrogens with zero attached hydrogens (tertiary/aromatic N) is 4. The second kappa shape index (κ2) is 6.71. The molecule has 2 rings (SSSR count). The van der Waals surface area contributed by atoms with E-state index >= 15 is 0 Å². The maximum absolute atomic E-state index is 12.2. The Morgan fingerprint density at radius 2 is 2.00 bits per heavy atom. The Labute approximate surface area is 124 Å². The van der Waals surface area contributed by atoms with E-state index in [1.807, 2.05) is 32.0 Å². The first-order valence-electron chi connectivity index (χ1n) is 6.99. The zero-order valence-corrected chi connectivity index (χ0v) is 12.3. The molecule has 0 saturated carbocycles. The number of benzene rings is 1. The van der Waals surface area contributed by atoms with E-state index in [1.54, 1.807) is 18.3 Å². The lowest BCUT2D eigenvalue weighted by Crippen LogP contribution is -2.28. The summed E-state index contributed by atoms with van der Waals surface area (Å²) in [4.78, 5) is 14.2. The zero-order chi connectivity index (χ0) is 15.2. The summed E-state index contributed by atoms with van der Waals surface area (Å²) in [7, 11) is 0.